The lowest BCUT2D eigenvalue weighted by atomic mass is 10.2. The third-order valence-corrected chi connectivity index (χ3v) is 4.65. The van der Waals surface area contributed by atoms with Crippen LogP contribution in [0.1, 0.15) is 24.2 Å². The number of methoxy groups -OCH3 is 1. The third-order valence-electron chi connectivity index (χ3n) is 4.65. The van der Waals surface area contributed by atoms with E-state index >= 15 is 0 Å². The Bertz CT molecular complexity index is 953. The lowest BCUT2D eigenvalue weighted by molar-refractivity contribution is 0.102. The minimum atomic E-state index is -0.225. The Balaban J connectivity index is 1.71. The lowest BCUT2D eigenvalue weighted by Gasteiger charge is -2.21. The molecule has 0 bridgehead atoms. The van der Waals surface area contributed by atoms with Gasteiger partial charge in [-0.15, -0.1) is 0 Å². The van der Waals surface area contributed by atoms with Crippen molar-refractivity contribution in [3.05, 3.63) is 72.4 Å². The summed E-state index contributed by atoms with van der Waals surface area (Å²) in [6.45, 7) is 6.21. The number of ether oxygens (including phenoxy) is 1. The standard InChI is InChI=1S/C23H26N4O2/c1-4-27(5-2)19-12-10-18(11-13-19)25-22-16-17(14-15-24-22)23(28)26-20-8-6-7-9-21(20)29-3/h6-16H,4-5H2,1-3H3,(H,24,25)(H,26,28). The van der Waals surface area contributed by atoms with Crippen LogP contribution in [0.25, 0.3) is 0 Å². The van der Waals surface area contributed by atoms with Gasteiger partial charge in [0.25, 0.3) is 5.91 Å². The number of anilines is 4. The molecule has 0 aliphatic heterocycles. The van der Waals surface area contributed by atoms with E-state index in [0.29, 0.717) is 22.8 Å². The van der Waals surface area contributed by atoms with Gasteiger partial charge in [-0.2, -0.15) is 0 Å². The van der Waals surface area contributed by atoms with E-state index in [1.165, 1.54) is 5.69 Å². The zero-order valence-electron chi connectivity index (χ0n) is 17.0. The van der Waals surface area contributed by atoms with Gasteiger partial charge in [-0.1, -0.05) is 12.1 Å². The fourth-order valence-corrected chi connectivity index (χ4v) is 3.07. The predicted octanol–water partition coefficient (Wildman–Crippen LogP) is 4.93. The van der Waals surface area contributed by atoms with Crippen molar-refractivity contribution in [1.82, 2.24) is 4.98 Å². The van der Waals surface area contributed by atoms with Gasteiger partial charge in [0.2, 0.25) is 0 Å². The average Bonchev–Trinajstić information content (AvgIpc) is 2.76. The Morgan fingerprint density at radius 3 is 2.45 bits per heavy atom. The molecule has 1 amide bonds. The van der Waals surface area contributed by atoms with Crippen molar-refractivity contribution in [2.24, 2.45) is 0 Å². The smallest absolute Gasteiger partial charge is 0.255 e. The van der Waals surface area contributed by atoms with Crippen LogP contribution in [0.4, 0.5) is 22.9 Å². The molecule has 3 aromatic rings. The van der Waals surface area contributed by atoms with Crippen LogP contribution in [-0.2, 0) is 0 Å². The molecule has 0 fully saturated rings. The first kappa shape index (κ1) is 20.2. The highest BCUT2D eigenvalue weighted by molar-refractivity contribution is 6.05. The molecule has 0 saturated carbocycles. The van der Waals surface area contributed by atoms with Gasteiger partial charge < -0.3 is 20.3 Å². The van der Waals surface area contributed by atoms with Crippen LogP contribution in [-0.4, -0.2) is 31.1 Å². The van der Waals surface area contributed by atoms with Crippen molar-refractivity contribution in [1.29, 1.82) is 0 Å². The topological polar surface area (TPSA) is 66.5 Å². The maximum Gasteiger partial charge on any atom is 0.255 e. The number of carbonyl (C=O) groups excluding carboxylic acids is 1. The summed E-state index contributed by atoms with van der Waals surface area (Å²) in [7, 11) is 1.57. The number of aromatic nitrogens is 1. The van der Waals surface area contributed by atoms with E-state index < -0.39 is 0 Å². The SMILES string of the molecule is CCN(CC)c1ccc(Nc2cc(C(=O)Nc3ccccc3OC)ccn2)cc1. The van der Waals surface area contributed by atoms with Gasteiger partial charge in [0.1, 0.15) is 11.6 Å². The number of para-hydroxylation sites is 2. The molecule has 0 saturated heterocycles. The molecular weight excluding hydrogens is 364 g/mol. The summed E-state index contributed by atoms with van der Waals surface area (Å²) in [6.07, 6.45) is 1.61. The molecule has 0 unspecified atom stereocenters. The minimum absolute atomic E-state index is 0.225. The highest BCUT2D eigenvalue weighted by atomic mass is 16.5. The Labute approximate surface area is 171 Å². The molecule has 1 heterocycles. The molecule has 0 aliphatic carbocycles. The van der Waals surface area contributed by atoms with E-state index in [4.69, 9.17) is 4.74 Å². The number of nitrogens with one attached hydrogen (secondary N) is 2. The second kappa shape index (κ2) is 9.59. The number of amides is 1. The van der Waals surface area contributed by atoms with Crippen molar-refractivity contribution in [2.45, 2.75) is 13.8 Å². The molecule has 2 aromatic carbocycles. The zero-order chi connectivity index (χ0) is 20.6. The van der Waals surface area contributed by atoms with E-state index in [2.05, 4.69) is 46.5 Å². The van der Waals surface area contributed by atoms with Gasteiger partial charge >= 0.3 is 0 Å². The van der Waals surface area contributed by atoms with Gasteiger partial charge in [-0.05, 0) is 62.4 Å². The monoisotopic (exact) mass is 390 g/mol. The summed E-state index contributed by atoms with van der Waals surface area (Å²) >= 11 is 0. The number of benzene rings is 2. The molecule has 6 heteroatoms. The minimum Gasteiger partial charge on any atom is -0.495 e. The van der Waals surface area contributed by atoms with Crippen LogP contribution in [0.2, 0.25) is 0 Å². The maximum absolute atomic E-state index is 12.6. The lowest BCUT2D eigenvalue weighted by Crippen LogP contribution is -2.21. The number of pyridine rings is 1. The van der Waals surface area contributed by atoms with Gasteiger partial charge in [0, 0.05) is 36.2 Å². The Kier molecular flexibility index (Phi) is 6.68. The Hall–Kier alpha value is -3.54. The van der Waals surface area contributed by atoms with Crippen LogP contribution in [0, 0.1) is 0 Å². The van der Waals surface area contributed by atoms with Crippen molar-refractivity contribution in [2.75, 3.05) is 35.7 Å². The second-order valence-electron chi connectivity index (χ2n) is 6.43. The van der Waals surface area contributed by atoms with Crippen molar-refractivity contribution in [3.63, 3.8) is 0 Å². The molecule has 150 valence electrons. The van der Waals surface area contributed by atoms with Gasteiger partial charge in [-0.25, -0.2) is 4.98 Å². The van der Waals surface area contributed by atoms with Gasteiger partial charge in [0.15, 0.2) is 0 Å². The zero-order valence-corrected chi connectivity index (χ0v) is 17.0. The molecule has 0 spiro atoms. The fourth-order valence-electron chi connectivity index (χ4n) is 3.07. The summed E-state index contributed by atoms with van der Waals surface area (Å²) in [6, 6.07) is 18.9. The molecule has 0 aliphatic rings. The summed E-state index contributed by atoms with van der Waals surface area (Å²) in [4.78, 5) is 19.2. The van der Waals surface area contributed by atoms with E-state index in [1.54, 1.807) is 37.6 Å². The molecular formula is C23H26N4O2. The average molecular weight is 390 g/mol. The molecule has 29 heavy (non-hydrogen) atoms. The van der Waals surface area contributed by atoms with Crippen LogP contribution in [0.3, 0.4) is 0 Å². The number of rotatable bonds is 8. The highest BCUT2D eigenvalue weighted by Gasteiger charge is 2.10. The van der Waals surface area contributed by atoms with Crippen LogP contribution in [0.15, 0.2) is 66.9 Å². The first-order valence-electron chi connectivity index (χ1n) is 9.67. The van der Waals surface area contributed by atoms with Crippen LogP contribution in [0.5, 0.6) is 5.75 Å². The van der Waals surface area contributed by atoms with E-state index in [9.17, 15) is 4.79 Å². The molecule has 2 N–H and O–H groups in total. The first-order chi connectivity index (χ1) is 14.1. The molecule has 3 rings (SSSR count). The molecule has 6 nitrogen and oxygen atoms in total. The van der Waals surface area contributed by atoms with Crippen LogP contribution < -0.4 is 20.3 Å². The van der Waals surface area contributed by atoms with E-state index in [0.717, 1.165) is 18.8 Å². The van der Waals surface area contributed by atoms with E-state index in [1.807, 2.05) is 24.3 Å². The normalized spacial score (nSPS) is 10.3. The number of hydrogen-bond acceptors (Lipinski definition) is 5. The number of hydrogen-bond donors (Lipinski definition) is 2. The second-order valence-corrected chi connectivity index (χ2v) is 6.43. The largest absolute Gasteiger partial charge is 0.495 e. The predicted molar refractivity (Wildman–Crippen MR) is 118 cm³/mol. The Morgan fingerprint density at radius 1 is 1.03 bits per heavy atom. The maximum atomic E-state index is 12.6. The van der Waals surface area contributed by atoms with E-state index in [-0.39, 0.29) is 5.91 Å². The quantitative estimate of drug-likeness (QED) is 0.571. The highest BCUT2D eigenvalue weighted by Crippen LogP contribution is 2.24. The number of nitrogens with zero attached hydrogens (tertiary/aromatic N) is 2. The molecule has 0 radical (unpaired) electrons. The van der Waals surface area contributed by atoms with Crippen molar-refractivity contribution in [3.8, 4) is 5.75 Å². The summed E-state index contributed by atoms with van der Waals surface area (Å²) in [5, 5.41) is 6.13. The fraction of sp³-hybridized carbons (Fsp3) is 0.217. The van der Waals surface area contributed by atoms with Gasteiger partial charge in [-0.3, -0.25) is 4.79 Å². The summed E-state index contributed by atoms with van der Waals surface area (Å²) < 4.78 is 5.28. The van der Waals surface area contributed by atoms with Crippen molar-refractivity contribution < 1.29 is 9.53 Å². The number of carbonyl (C=O) groups is 1. The Morgan fingerprint density at radius 2 is 1.76 bits per heavy atom. The molecule has 0 atom stereocenters. The summed E-state index contributed by atoms with van der Waals surface area (Å²) in [5.74, 6) is 0.992. The van der Waals surface area contributed by atoms with Crippen LogP contribution >= 0.6 is 0 Å². The van der Waals surface area contributed by atoms with Gasteiger partial charge in [0.05, 0.1) is 12.8 Å². The summed E-state index contributed by atoms with van der Waals surface area (Å²) in [5.41, 5.74) is 3.22. The molecule has 1 aromatic heterocycles. The first-order valence-corrected chi connectivity index (χ1v) is 9.67. The van der Waals surface area contributed by atoms with Crippen molar-refractivity contribution >= 4 is 28.8 Å². The third kappa shape index (κ3) is 5.04.